The van der Waals surface area contributed by atoms with Crippen LogP contribution in [0, 0.1) is 6.92 Å². The normalized spacial score (nSPS) is 12.0. The average molecular weight is 312 g/mol. The van der Waals surface area contributed by atoms with Gasteiger partial charge in [-0.2, -0.15) is 0 Å². The summed E-state index contributed by atoms with van der Waals surface area (Å²) in [7, 11) is 3.83. The van der Waals surface area contributed by atoms with Crippen molar-refractivity contribution in [3.63, 3.8) is 0 Å². The van der Waals surface area contributed by atoms with E-state index in [1.807, 2.05) is 0 Å². The van der Waals surface area contributed by atoms with Gasteiger partial charge in [0.25, 0.3) is 0 Å². The molecular formula is C15H28N4OS. The molecule has 0 unspecified atom stereocenters. The van der Waals surface area contributed by atoms with E-state index in [-0.39, 0.29) is 0 Å². The van der Waals surface area contributed by atoms with Gasteiger partial charge in [0.15, 0.2) is 5.96 Å². The van der Waals surface area contributed by atoms with Crippen molar-refractivity contribution in [2.24, 2.45) is 4.99 Å². The number of aryl methyl sites for hydroxylation is 1. The van der Waals surface area contributed by atoms with Crippen molar-refractivity contribution in [2.45, 2.75) is 20.4 Å². The number of hydrogen-bond acceptors (Lipinski definition) is 4. The number of likely N-dealkylation sites (N-methyl/N-ethyl adjacent to an activating group) is 1. The molecule has 0 spiro atoms. The lowest BCUT2D eigenvalue weighted by Gasteiger charge is -2.17. The molecule has 1 rings (SSSR count). The number of aliphatic imine (C=N–C) groups is 1. The molecule has 21 heavy (non-hydrogen) atoms. The van der Waals surface area contributed by atoms with Gasteiger partial charge >= 0.3 is 0 Å². The number of nitrogens with one attached hydrogen (secondary N) is 2. The minimum Gasteiger partial charge on any atom is -0.383 e. The third-order valence-corrected chi connectivity index (χ3v) is 3.98. The Labute approximate surface area is 132 Å². The molecular weight excluding hydrogens is 284 g/mol. The van der Waals surface area contributed by atoms with Crippen molar-refractivity contribution < 1.29 is 4.74 Å². The number of guanidine groups is 1. The van der Waals surface area contributed by atoms with Crippen LogP contribution in [-0.2, 0) is 11.3 Å². The standard InChI is InChI=1S/C15H28N4OS/c1-5-16-15(17-8-9-19(3)10-11-20-4)18-12-14-7-6-13(2)21-14/h6-7H,5,8-12H2,1-4H3,(H2,16,17,18). The van der Waals surface area contributed by atoms with Crippen LogP contribution >= 0.6 is 11.3 Å². The molecule has 0 aromatic carbocycles. The van der Waals surface area contributed by atoms with Crippen molar-refractivity contribution in [2.75, 3.05) is 46.9 Å². The zero-order valence-corrected chi connectivity index (χ0v) is 14.4. The molecule has 0 aliphatic heterocycles. The number of ether oxygens (including phenoxy) is 1. The molecule has 0 fully saturated rings. The van der Waals surface area contributed by atoms with E-state index >= 15 is 0 Å². The molecule has 0 radical (unpaired) electrons. The van der Waals surface area contributed by atoms with Gasteiger partial charge < -0.3 is 20.3 Å². The Hall–Kier alpha value is -1.11. The van der Waals surface area contributed by atoms with E-state index in [9.17, 15) is 0 Å². The van der Waals surface area contributed by atoms with Gasteiger partial charge in [0.05, 0.1) is 13.2 Å². The van der Waals surface area contributed by atoms with Crippen LogP contribution in [0.3, 0.4) is 0 Å². The predicted octanol–water partition coefficient (Wildman–Crippen LogP) is 1.69. The highest BCUT2D eigenvalue weighted by Gasteiger charge is 2.01. The summed E-state index contributed by atoms with van der Waals surface area (Å²) >= 11 is 1.80. The molecule has 5 nitrogen and oxygen atoms in total. The number of hydrogen-bond donors (Lipinski definition) is 2. The van der Waals surface area contributed by atoms with E-state index in [1.165, 1.54) is 9.75 Å². The Morgan fingerprint density at radius 1 is 1.33 bits per heavy atom. The summed E-state index contributed by atoms with van der Waals surface area (Å²) < 4.78 is 5.07. The van der Waals surface area contributed by atoms with Gasteiger partial charge in [-0.05, 0) is 33.0 Å². The van der Waals surface area contributed by atoms with Crippen molar-refractivity contribution in [3.05, 3.63) is 21.9 Å². The number of thiophene rings is 1. The minimum absolute atomic E-state index is 0.730. The smallest absolute Gasteiger partial charge is 0.191 e. The first kappa shape index (κ1) is 17.9. The average Bonchev–Trinajstić information content (AvgIpc) is 2.88. The van der Waals surface area contributed by atoms with Crippen molar-refractivity contribution in [1.29, 1.82) is 0 Å². The van der Waals surface area contributed by atoms with E-state index in [4.69, 9.17) is 4.74 Å². The third kappa shape index (κ3) is 8.04. The highest BCUT2D eigenvalue weighted by Crippen LogP contribution is 2.15. The molecule has 0 atom stereocenters. The molecule has 0 saturated carbocycles. The maximum absolute atomic E-state index is 5.07. The summed E-state index contributed by atoms with van der Waals surface area (Å²) in [6, 6.07) is 4.28. The molecule has 2 N–H and O–H groups in total. The first-order valence-corrected chi connectivity index (χ1v) is 8.22. The Kier molecular flexibility index (Phi) is 9.05. The summed E-state index contributed by atoms with van der Waals surface area (Å²) in [6.45, 7) is 9.35. The zero-order valence-electron chi connectivity index (χ0n) is 13.6. The largest absolute Gasteiger partial charge is 0.383 e. The van der Waals surface area contributed by atoms with Gasteiger partial charge in [0, 0.05) is 43.0 Å². The molecule has 0 aliphatic carbocycles. The van der Waals surface area contributed by atoms with Gasteiger partial charge in [0.1, 0.15) is 0 Å². The molecule has 0 saturated heterocycles. The maximum Gasteiger partial charge on any atom is 0.191 e. The summed E-state index contributed by atoms with van der Waals surface area (Å²) in [5.41, 5.74) is 0. The van der Waals surface area contributed by atoms with Gasteiger partial charge in [-0.25, -0.2) is 4.99 Å². The Morgan fingerprint density at radius 3 is 2.76 bits per heavy atom. The lowest BCUT2D eigenvalue weighted by molar-refractivity contribution is 0.162. The summed E-state index contributed by atoms with van der Waals surface area (Å²) in [4.78, 5) is 9.48. The quantitative estimate of drug-likeness (QED) is 0.538. The Morgan fingerprint density at radius 2 is 2.14 bits per heavy atom. The fraction of sp³-hybridized carbons (Fsp3) is 0.667. The number of methoxy groups -OCH3 is 1. The molecule has 1 aromatic heterocycles. The highest BCUT2D eigenvalue weighted by molar-refractivity contribution is 7.11. The SMILES string of the molecule is CCNC(=NCc1ccc(C)s1)NCCN(C)CCOC. The lowest BCUT2D eigenvalue weighted by atomic mass is 10.4. The lowest BCUT2D eigenvalue weighted by Crippen LogP contribution is -2.41. The fourth-order valence-electron chi connectivity index (χ4n) is 1.79. The highest BCUT2D eigenvalue weighted by atomic mass is 32.1. The third-order valence-electron chi connectivity index (χ3n) is 3.00. The second-order valence-corrected chi connectivity index (χ2v) is 6.30. The molecule has 1 heterocycles. The fourth-order valence-corrected chi connectivity index (χ4v) is 2.61. The van der Waals surface area contributed by atoms with E-state index in [0.29, 0.717) is 0 Å². The number of rotatable bonds is 9. The molecule has 1 aromatic rings. The van der Waals surface area contributed by atoms with Crippen molar-refractivity contribution in [1.82, 2.24) is 15.5 Å². The topological polar surface area (TPSA) is 48.9 Å². The van der Waals surface area contributed by atoms with E-state index < -0.39 is 0 Å². The molecule has 0 bridgehead atoms. The van der Waals surface area contributed by atoms with Crippen molar-refractivity contribution in [3.8, 4) is 0 Å². The monoisotopic (exact) mass is 312 g/mol. The van der Waals surface area contributed by atoms with Crippen LogP contribution in [0.2, 0.25) is 0 Å². The van der Waals surface area contributed by atoms with Crippen LogP contribution in [-0.4, -0.2) is 57.8 Å². The minimum atomic E-state index is 0.730. The first-order chi connectivity index (χ1) is 10.2. The van der Waals surface area contributed by atoms with Crippen LogP contribution in [0.25, 0.3) is 0 Å². The van der Waals surface area contributed by atoms with Gasteiger partial charge in [-0.3, -0.25) is 0 Å². The van der Waals surface area contributed by atoms with Crippen LogP contribution in [0.1, 0.15) is 16.7 Å². The molecule has 6 heteroatoms. The number of nitrogens with zero attached hydrogens (tertiary/aromatic N) is 2. The summed E-state index contributed by atoms with van der Waals surface area (Å²) in [5.74, 6) is 0.878. The van der Waals surface area contributed by atoms with Crippen molar-refractivity contribution >= 4 is 17.3 Å². The van der Waals surface area contributed by atoms with E-state index in [2.05, 4.69) is 53.6 Å². The maximum atomic E-state index is 5.07. The van der Waals surface area contributed by atoms with Gasteiger partial charge in [0.2, 0.25) is 0 Å². The van der Waals surface area contributed by atoms with Gasteiger partial charge in [-0.1, -0.05) is 0 Å². The summed E-state index contributed by atoms with van der Waals surface area (Å²) in [5, 5.41) is 6.64. The molecule has 120 valence electrons. The predicted molar refractivity (Wildman–Crippen MR) is 91.2 cm³/mol. The van der Waals surface area contributed by atoms with E-state index in [0.717, 1.165) is 45.3 Å². The van der Waals surface area contributed by atoms with Gasteiger partial charge in [-0.15, -0.1) is 11.3 Å². The Balaban J connectivity index is 2.35. The van der Waals surface area contributed by atoms with Crippen LogP contribution in [0.15, 0.2) is 17.1 Å². The van der Waals surface area contributed by atoms with Crippen LogP contribution in [0.4, 0.5) is 0 Å². The van der Waals surface area contributed by atoms with E-state index in [1.54, 1.807) is 18.4 Å². The molecule has 0 aliphatic rings. The van der Waals surface area contributed by atoms with Crippen LogP contribution in [0.5, 0.6) is 0 Å². The zero-order chi connectivity index (χ0) is 15.5. The van der Waals surface area contributed by atoms with Crippen LogP contribution < -0.4 is 10.6 Å². The Bertz CT molecular complexity index is 420. The second-order valence-electron chi connectivity index (χ2n) is 4.93. The molecule has 0 amide bonds. The second kappa shape index (κ2) is 10.6. The summed E-state index contributed by atoms with van der Waals surface area (Å²) in [6.07, 6.45) is 0. The first-order valence-electron chi connectivity index (χ1n) is 7.40.